The second-order valence-corrected chi connectivity index (χ2v) is 6.70. The van der Waals surface area contributed by atoms with Crippen LogP contribution in [0.1, 0.15) is 32.3 Å². The maximum atomic E-state index is 12.3. The van der Waals surface area contributed by atoms with E-state index >= 15 is 0 Å². The number of hydrogen-bond acceptors (Lipinski definition) is 4. The Balaban J connectivity index is 2.76. The fourth-order valence-electron chi connectivity index (χ4n) is 2.07. The molecule has 0 amide bonds. The average molecular weight is 314 g/mol. The quantitative estimate of drug-likeness (QED) is 0.692. The lowest BCUT2D eigenvalue weighted by Crippen LogP contribution is -2.37. The van der Waals surface area contributed by atoms with E-state index in [1.807, 2.05) is 26.0 Å². The van der Waals surface area contributed by atoms with Gasteiger partial charge in [0.05, 0.1) is 11.5 Å². The van der Waals surface area contributed by atoms with E-state index in [1.165, 1.54) is 0 Å². The lowest BCUT2D eigenvalue weighted by Gasteiger charge is -2.17. The van der Waals surface area contributed by atoms with E-state index in [1.54, 1.807) is 19.2 Å². The van der Waals surface area contributed by atoms with Crippen molar-refractivity contribution >= 4 is 10.0 Å². The van der Waals surface area contributed by atoms with Crippen molar-refractivity contribution in [2.75, 3.05) is 20.3 Å². The van der Waals surface area contributed by atoms with Crippen LogP contribution < -0.4 is 10.0 Å². The van der Waals surface area contributed by atoms with E-state index in [0.29, 0.717) is 11.5 Å². The normalized spacial score (nSPS) is 13.3. The third-order valence-corrected chi connectivity index (χ3v) is 4.68. The molecule has 0 radical (unpaired) electrons. The van der Waals surface area contributed by atoms with Crippen LogP contribution in [0.3, 0.4) is 0 Å². The van der Waals surface area contributed by atoms with Crippen LogP contribution in [-0.4, -0.2) is 34.7 Å². The van der Waals surface area contributed by atoms with Crippen molar-refractivity contribution in [1.29, 1.82) is 0 Å². The summed E-state index contributed by atoms with van der Waals surface area (Å²) in [6.45, 7) is 6.06. The number of hydrogen-bond donors (Lipinski definition) is 2. The summed E-state index contributed by atoms with van der Waals surface area (Å²) in [6, 6.07) is 6.77. The molecule has 0 spiro atoms. The highest BCUT2D eigenvalue weighted by Crippen LogP contribution is 2.12. The first-order chi connectivity index (χ1) is 10.0. The minimum absolute atomic E-state index is 0.188. The van der Waals surface area contributed by atoms with Gasteiger partial charge in [-0.2, -0.15) is 0 Å². The molecular formula is C15H26N2O3S. The van der Waals surface area contributed by atoms with Crippen LogP contribution in [0.2, 0.25) is 0 Å². The predicted octanol–water partition coefficient (Wildman–Crippen LogP) is 1.89. The molecule has 0 aliphatic rings. The zero-order valence-corrected chi connectivity index (χ0v) is 13.9. The molecule has 1 aromatic rings. The summed E-state index contributed by atoms with van der Waals surface area (Å²) < 4.78 is 32.4. The third-order valence-electron chi connectivity index (χ3n) is 3.14. The first-order valence-electron chi connectivity index (χ1n) is 7.34. The summed E-state index contributed by atoms with van der Waals surface area (Å²) in [4.78, 5) is 0.292. The standard InChI is InChI=1S/C15H26N2O3S/c1-4-6-14(12-20-3)17-21(18,19)15-9-7-13(8-10-15)11-16-5-2/h7-10,14,16-17H,4-6,11-12H2,1-3H3. The maximum absolute atomic E-state index is 12.3. The number of ether oxygens (including phenoxy) is 1. The van der Waals surface area contributed by atoms with E-state index in [2.05, 4.69) is 10.0 Å². The second-order valence-electron chi connectivity index (χ2n) is 4.99. The molecule has 0 fully saturated rings. The molecule has 5 nitrogen and oxygen atoms in total. The largest absolute Gasteiger partial charge is 0.383 e. The van der Waals surface area contributed by atoms with Crippen molar-refractivity contribution in [3.05, 3.63) is 29.8 Å². The molecule has 0 aliphatic heterocycles. The van der Waals surface area contributed by atoms with Gasteiger partial charge in [-0.05, 0) is 30.7 Å². The number of methoxy groups -OCH3 is 1. The van der Waals surface area contributed by atoms with E-state index in [-0.39, 0.29) is 6.04 Å². The summed E-state index contributed by atoms with van der Waals surface area (Å²) in [6.07, 6.45) is 1.66. The van der Waals surface area contributed by atoms with E-state index < -0.39 is 10.0 Å². The smallest absolute Gasteiger partial charge is 0.240 e. The summed E-state index contributed by atoms with van der Waals surface area (Å²) in [5, 5.41) is 3.21. The SMILES string of the molecule is CCCC(COC)NS(=O)(=O)c1ccc(CNCC)cc1. The van der Waals surface area contributed by atoms with Gasteiger partial charge >= 0.3 is 0 Å². The highest BCUT2D eigenvalue weighted by atomic mass is 32.2. The van der Waals surface area contributed by atoms with E-state index in [0.717, 1.165) is 31.5 Å². The Morgan fingerprint density at radius 3 is 2.38 bits per heavy atom. The molecule has 1 rings (SSSR count). The van der Waals surface area contributed by atoms with Crippen molar-refractivity contribution in [2.45, 2.75) is 44.2 Å². The number of rotatable bonds is 10. The third kappa shape index (κ3) is 6.13. The van der Waals surface area contributed by atoms with Crippen LogP contribution in [0.15, 0.2) is 29.2 Å². The van der Waals surface area contributed by atoms with Gasteiger partial charge in [0, 0.05) is 19.7 Å². The molecule has 1 atom stereocenters. The molecule has 21 heavy (non-hydrogen) atoms. The van der Waals surface area contributed by atoms with Crippen LogP contribution in [-0.2, 0) is 21.3 Å². The van der Waals surface area contributed by atoms with Crippen LogP contribution >= 0.6 is 0 Å². The Labute approximate surface area is 128 Å². The molecule has 2 N–H and O–H groups in total. The van der Waals surface area contributed by atoms with Gasteiger partial charge < -0.3 is 10.1 Å². The van der Waals surface area contributed by atoms with Crippen LogP contribution in [0.25, 0.3) is 0 Å². The highest BCUT2D eigenvalue weighted by Gasteiger charge is 2.19. The fourth-order valence-corrected chi connectivity index (χ4v) is 3.32. The minimum Gasteiger partial charge on any atom is -0.383 e. The van der Waals surface area contributed by atoms with Crippen molar-refractivity contribution in [1.82, 2.24) is 10.0 Å². The molecule has 120 valence electrons. The topological polar surface area (TPSA) is 67.4 Å². The molecular weight excluding hydrogens is 288 g/mol. The lowest BCUT2D eigenvalue weighted by molar-refractivity contribution is 0.171. The highest BCUT2D eigenvalue weighted by molar-refractivity contribution is 7.89. The van der Waals surface area contributed by atoms with E-state index in [9.17, 15) is 8.42 Å². The van der Waals surface area contributed by atoms with Crippen LogP contribution in [0.4, 0.5) is 0 Å². The first kappa shape index (κ1) is 18.1. The molecule has 0 bridgehead atoms. The van der Waals surface area contributed by atoms with Crippen molar-refractivity contribution < 1.29 is 13.2 Å². The molecule has 0 aromatic heterocycles. The second kappa shape index (κ2) is 9.15. The van der Waals surface area contributed by atoms with Gasteiger partial charge in [-0.3, -0.25) is 0 Å². The van der Waals surface area contributed by atoms with Gasteiger partial charge in [0.15, 0.2) is 0 Å². The zero-order valence-electron chi connectivity index (χ0n) is 13.1. The summed E-state index contributed by atoms with van der Waals surface area (Å²) in [7, 11) is -1.92. The van der Waals surface area contributed by atoms with Gasteiger partial charge in [0.2, 0.25) is 10.0 Å². The van der Waals surface area contributed by atoms with Crippen LogP contribution in [0.5, 0.6) is 0 Å². The van der Waals surface area contributed by atoms with Crippen LogP contribution in [0, 0.1) is 0 Å². The summed E-state index contributed by atoms with van der Waals surface area (Å²) >= 11 is 0. The Morgan fingerprint density at radius 1 is 1.19 bits per heavy atom. The fraction of sp³-hybridized carbons (Fsp3) is 0.600. The van der Waals surface area contributed by atoms with Gasteiger partial charge in [-0.15, -0.1) is 0 Å². The monoisotopic (exact) mass is 314 g/mol. The summed E-state index contributed by atoms with van der Waals surface area (Å²) in [5.41, 5.74) is 1.07. The van der Waals surface area contributed by atoms with Gasteiger partial charge in [0.25, 0.3) is 0 Å². The Kier molecular flexibility index (Phi) is 7.88. The van der Waals surface area contributed by atoms with Crippen molar-refractivity contribution in [3.63, 3.8) is 0 Å². The molecule has 0 heterocycles. The number of benzene rings is 1. The molecule has 6 heteroatoms. The Bertz CT molecular complexity index is 494. The van der Waals surface area contributed by atoms with E-state index in [4.69, 9.17) is 4.74 Å². The van der Waals surface area contributed by atoms with Gasteiger partial charge in [-0.25, -0.2) is 13.1 Å². The van der Waals surface area contributed by atoms with Gasteiger partial charge in [0.1, 0.15) is 0 Å². The molecule has 1 aromatic carbocycles. The number of nitrogens with one attached hydrogen (secondary N) is 2. The minimum atomic E-state index is -3.49. The predicted molar refractivity (Wildman–Crippen MR) is 84.7 cm³/mol. The molecule has 0 saturated heterocycles. The lowest BCUT2D eigenvalue weighted by atomic mass is 10.2. The zero-order chi connectivity index (χ0) is 15.7. The van der Waals surface area contributed by atoms with Crippen molar-refractivity contribution in [3.8, 4) is 0 Å². The molecule has 0 saturated carbocycles. The Morgan fingerprint density at radius 2 is 1.86 bits per heavy atom. The first-order valence-corrected chi connectivity index (χ1v) is 8.82. The average Bonchev–Trinajstić information content (AvgIpc) is 2.46. The molecule has 1 unspecified atom stereocenters. The summed E-state index contributed by atoms with van der Waals surface area (Å²) in [5.74, 6) is 0. The van der Waals surface area contributed by atoms with Crippen molar-refractivity contribution in [2.24, 2.45) is 0 Å². The van der Waals surface area contributed by atoms with Gasteiger partial charge in [-0.1, -0.05) is 32.4 Å². The number of sulfonamides is 1. The molecule has 0 aliphatic carbocycles. The maximum Gasteiger partial charge on any atom is 0.240 e. The Hall–Kier alpha value is -0.950.